The highest BCUT2D eigenvalue weighted by atomic mass is 35.5. The Morgan fingerprint density at radius 3 is 2.80 bits per heavy atom. The molecule has 0 bridgehead atoms. The molecule has 0 aliphatic heterocycles. The quantitative estimate of drug-likeness (QED) is 0.743. The summed E-state index contributed by atoms with van der Waals surface area (Å²) in [5, 5.41) is 8.49. The molecule has 2 aromatic heterocycles. The van der Waals surface area contributed by atoms with E-state index in [1.165, 1.54) is 0 Å². The second-order valence-corrected chi connectivity index (χ2v) is 3.32. The summed E-state index contributed by atoms with van der Waals surface area (Å²) in [7, 11) is 3.42. The molecule has 0 aliphatic rings. The van der Waals surface area contributed by atoms with E-state index in [-0.39, 0.29) is 0 Å². The lowest BCUT2D eigenvalue weighted by molar-refractivity contribution is 0.373. The van der Waals surface area contributed by atoms with Gasteiger partial charge in [0.25, 0.3) is 0 Å². The third-order valence-corrected chi connectivity index (χ3v) is 2.32. The predicted molar refractivity (Wildman–Crippen MR) is 56.4 cm³/mol. The number of ether oxygens (including phenoxy) is 1. The average Bonchev–Trinajstić information content (AvgIpc) is 2.83. The van der Waals surface area contributed by atoms with Gasteiger partial charge in [0.15, 0.2) is 5.82 Å². The van der Waals surface area contributed by atoms with Gasteiger partial charge in [-0.05, 0) is 6.07 Å². The first-order valence-electron chi connectivity index (χ1n) is 4.43. The number of rotatable bonds is 3. The van der Waals surface area contributed by atoms with Gasteiger partial charge in [-0.1, -0.05) is 0 Å². The smallest absolute Gasteiger partial charge is 0.213 e. The minimum atomic E-state index is 0.400. The molecule has 0 amide bonds. The van der Waals surface area contributed by atoms with E-state index >= 15 is 0 Å². The van der Waals surface area contributed by atoms with Gasteiger partial charge in [-0.2, -0.15) is 5.10 Å². The highest BCUT2D eigenvalue weighted by Crippen LogP contribution is 2.14. The Morgan fingerprint density at radius 2 is 2.27 bits per heavy atom. The monoisotopic (exact) mass is 226 g/mol. The average molecular weight is 227 g/mol. The summed E-state index contributed by atoms with van der Waals surface area (Å²) in [5.74, 6) is 1.80. The lowest BCUT2D eigenvalue weighted by atomic mass is 10.5. The van der Waals surface area contributed by atoms with Crippen molar-refractivity contribution in [1.82, 2.24) is 19.6 Å². The zero-order valence-electron chi connectivity index (χ0n) is 8.51. The predicted octanol–water partition coefficient (Wildman–Crippen LogP) is 1.35. The molecule has 2 aromatic rings. The molecule has 0 fully saturated rings. The topological polar surface area (TPSA) is 44.9 Å². The normalized spacial score (nSPS) is 10.6. The van der Waals surface area contributed by atoms with Crippen molar-refractivity contribution in [2.45, 2.75) is 5.88 Å². The third-order valence-electron chi connectivity index (χ3n) is 2.05. The molecule has 0 saturated carbocycles. The number of methoxy groups -OCH3 is 1. The molecule has 15 heavy (non-hydrogen) atoms. The van der Waals surface area contributed by atoms with Crippen molar-refractivity contribution in [1.29, 1.82) is 0 Å². The highest BCUT2D eigenvalue weighted by molar-refractivity contribution is 6.16. The number of alkyl halides is 1. The maximum absolute atomic E-state index is 5.67. The van der Waals surface area contributed by atoms with E-state index in [0.717, 1.165) is 5.69 Å². The van der Waals surface area contributed by atoms with Crippen LogP contribution in [0.4, 0.5) is 0 Å². The fourth-order valence-electron chi connectivity index (χ4n) is 1.30. The molecule has 0 aromatic carbocycles. The molecule has 5 nitrogen and oxygen atoms in total. The van der Waals surface area contributed by atoms with Crippen LogP contribution in [-0.4, -0.2) is 26.7 Å². The van der Waals surface area contributed by atoms with Crippen LogP contribution < -0.4 is 4.74 Å². The molecule has 0 spiro atoms. The Labute approximate surface area is 92.2 Å². The molecule has 0 radical (unpaired) electrons. The summed E-state index contributed by atoms with van der Waals surface area (Å²) in [4.78, 5) is 0. The minimum Gasteiger partial charge on any atom is -0.481 e. The number of aromatic nitrogens is 4. The molecule has 80 valence electrons. The van der Waals surface area contributed by atoms with Crippen molar-refractivity contribution in [3.05, 3.63) is 24.0 Å². The van der Waals surface area contributed by atoms with E-state index in [4.69, 9.17) is 16.3 Å². The zero-order valence-corrected chi connectivity index (χ0v) is 9.27. The lowest BCUT2D eigenvalue weighted by Gasteiger charge is -1.95. The van der Waals surface area contributed by atoms with E-state index in [2.05, 4.69) is 10.2 Å². The van der Waals surface area contributed by atoms with Crippen molar-refractivity contribution in [3.8, 4) is 11.7 Å². The minimum absolute atomic E-state index is 0.400. The standard InChI is InChI=1S/C9H11ClN4O/c1-13-9(15-2)5-8(12-13)14-4-3-7(6-10)11-14/h3-5H,6H2,1-2H3. The second-order valence-electron chi connectivity index (χ2n) is 3.05. The Balaban J connectivity index is 2.36. The molecule has 0 aliphatic carbocycles. The summed E-state index contributed by atoms with van der Waals surface area (Å²) in [5.41, 5.74) is 0.821. The van der Waals surface area contributed by atoms with E-state index < -0.39 is 0 Å². The zero-order chi connectivity index (χ0) is 10.8. The lowest BCUT2D eigenvalue weighted by Crippen LogP contribution is -1.98. The Bertz CT molecular complexity index is 462. The van der Waals surface area contributed by atoms with Gasteiger partial charge in [-0.25, -0.2) is 9.36 Å². The molecule has 0 unspecified atom stereocenters. The Hall–Kier alpha value is -1.49. The van der Waals surface area contributed by atoms with Crippen LogP contribution in [-0.2, 0) is 12.9 Å². The summed E-state index contributed by atoms with van der Waals surface area (Å²) in [6.07, 6.45) is 1.82. The van der Waals surface area contributed by atoms with E-state index in [0.29, 0.717) is 17.6 Å². The molecule has 0 N–H and O–H groups in total. The third kappa shape index (κ3) is 1.83. The van der Waals surface area contributed by atoms with Crippen LogP contribution in [0.1, 0.15) is 5.69 Å². The van der Waals surface area contributed by atoms with Crippen LogP contribution >= 0.6 is 11.6 Å². The molecule has 6 heteroatoms. The van der Waals surface area contributed by atoms with Crippen molar-refractivity contribution in [2.75, 3.05) is 7.11 Å². The van der Waals surface area contributed by atoms with E-state index in [1.54, 1.807) is 16.5 Å². The van der Waals surface area contributed by atoms with Crippen molar-refractivity contribution in [3.63, 3.8) is 0 Å². The fraction of sp³-hybridized carbons (Fsp3) is 0.333. The Morgan fingerprint density at radius 1 is 1.47 bits per heavy atom. The van der Waals surface area contributed by atoms with Crippen molar-refractivity contribution in [2.24, 2.45) is 7.05 Å². The second kappa shape index (κ2) is 3.94. The fourth-order valence-corrected chi connectivity index (χ4v) is 1.44. The largest absolute Gasteiger partial charge is 0.481 e. The van der Waals surface area contributed by atoms with E-state index in [1.807, 2.05) is 25.4 Å². The molecular weight excluding hydrogens is 216 g/mol. The first-order chi connectivity index (χ1) is 7.24. The molecular formula is C9H11ClN4O. The molecule has 2 heterocycles. The number of halogens is 1. The van der Waals surface area contributed by atoms with Crippen molar-refractivity contribution < 1.29 is 4.74 Å². The first kappa shape index (κ1) is 10.0. The Kier molecular flexibility index (Phi) is 2.64. The van der Waals surface area contributed by atoms with E-state index in [9.17, 15) is 0 Å². The van der Waals surface area contributed by atoms with Gasteiger partial charge < -0.3 is 4.74 Å². The van der Waals surface area contributed by atoms with Gasteiger partial charge in [-0.3, -0.25) is 0 Å². The van der Waals surface area contributed by atoms with Crippen LogP contribution in [0, 0.1) is 0 Å². The SMILES string of the molecule is COc1cc(-n2ccc(CCl)n2)nn1C. The molecule has 0 saturated heterocycles. The summed E-state index contributed by atoms with van der Waals surface area (Å²) in [6, 6.07) is 3.67. The van der Waals surface area contributed by atoms with Gasteiger partial charge in [0, 0.05) is 19.3 Å². The van der Waals surface area contributed by atoms with Crippen molar-refractivity contribution >= 4 is 11.6 Å². The van der Waals surface area contributed by atoms with Crippen LogP contribution in [0.15, 0.2) is 18.3 Å². The number of nitrogens with zero attached hydrogens (tertiary/aromatic N) is 4. The maximum Gasteiger partial charge on any atom is 0.213 e. The van der Waals surface area contributed by atoms with Gasteiger partial charge in [0.1, 0.15) is 0 Å². The number of aryl methyl sites for hydroxylation is 1. The maximum atomic E-state index is 5.67. The van der Waals surface area contributed by atoms with Gasteiger partial charge in [0.05, 0.1) is 18.7 Å². The van der Waals surface area contributed by atoms with Gasteiger partial charge in [0.2, 0.25) is 5.88 Å². The highest BCUT2D eigenvalue weighted by Gasteiger charge is 2.07. The number of hydrogen-bond acceptors (Lipinski definition) is 3. The van der Waals surface area contributed by atoms with Crippen LogP contribution in [0.3, 0.4) is 0 Å². The molecule has 0 atom stereocenters. The summed E-state index contributed by atoms with van der Waals surface area (Å²) in [6.45, 7) is 0. The van der Waals surface area contributed by atoms with Gasteiger partial charge in [-0.15, -0.1) is 16.7 Å². The van der Waals surface area contributed by atoms with Crippen LogP contribution in [0.25, 0.3) is 5.82 Å². The van der Waals surface area contributed by atoms with Gasteiger partial charge >= 0.3 is 0 Å². The van der Waals surface area contributed by atoms with Crippen LogP contribution in [0.5, 0.6) is 5.88 Å². The first-order valence-corrected chi connectivity index (χ1v) is 4.97. The molecule has 2 rings (SSSR count). The number of hydrogen-bond donors (Lipinski definition) is 0. The van der Waals surface area contributed by atoms with Crippen LogP contribution in [0.2, 0.25) is 0 Å². The summed E-state index contributed by atoms with van der Waals surface area (Å²) < 4.78 is 8.43. The summed E-state index contributed by atoms with van der Waals surface area (Å²) >= 11 is 5.67.